The first-order chi connectivity index (χ1) is 9.96. The summed E-state index contributed by atoms with van der Waals surface area (Å²) in [7, 11) is 0. The molecule has 1 amide bonds. The van der Waals surface area contributed by atoms with Crippen LogP contribution in [0.4, 0.5) is 18.9 Å². The highest BCUT2D eigenvalue weighted by Crippen LogP contribution is 2.32. The van der Waals surface area contributed by atoms with Crippen LogP contribution < -0.4 is 5.32 Å². The van der Waals surface area contributed by atoms with Gasteiger partial charge in [0.15, 0.2) is 0 Å². The summed E-state index contributed by atoms with van der Waals surface area (Å²) in [6.07, 6.45) is -4.25. The number of carbonyl (C=O) groups excluding carboxylic acids is 1. The zero-order chi connectivity index (χ0) is 15.3. The minimum atomic E-state index is -4.25. The van der Waals surface area contributed by atoms with E-state index in [0.29, 0.717) is 27.9 Å². The number of hydrogen-bond acceptors (Lipinski definition) is 2. The van der Waals surface area contributed by atoms with Gasteiger partial charge >= 0.3 is 6.18 Å². The number of halogens is 3. The van der Waals surface area contributed by atoms with Gasteiger partial charge in [-0.15, -0.1) is 11.8 Å². The summed E-state index contributed by atoms with van der Waals surface area (Å²) in [4.78, 5) is 12.4. The summed E-state index contributed by atoms with van der Waals surface area (Å²) in [6.45, 7) is 0. The third-order valence-electron chi connectivity index (χ3n) is 2.56. The van der Waals surface area contributed by atoms with Crippen molar-refractivity contribution in [3.63, 3.8) is 0 Å². The molecule has 0 unspecified atom stereocenters. The van der Waals surface area contributed by atoms with Gasteiger partial charge in [0.1, 0.15) is 0 Å². The molecule has 0 fully saturated rings. The molecule has 0 aliphatic rings. The van der Waals surface area contributed by atoms with Crippen molar-refractivity contribution in [2.45, 2.75) is 11.1 Å². The highest BCUT2D eigenvalue weighted by atomic mass is 32.2. The second-order valence-corrected chi connectivity index (χ2v) is 5.24. The molecule has 0 aliphatic heterocycles. The van der Waals surface area contributed by atoms with Crippen LogP contribution >= 0.6 is 11.8 Å². The van der Waals surface area contributed by atoms with Gasteiger partial charge in [-0.05, 0) is 24.3 Å². The van der Waals surface area contributed by atoms with E-state index in [2.05, 4.69) is 5.32 Å². The molecule has 0 spiro atoms. The number of amides is 1. The van der Waals surface area contributed by atoms with E-state index >= 15 is 0 Å². The number of para-hydroxylation sites is 1. The predicted octanol–water partition coefficient (Wildman–Crippen LogP) is 4.59. The normalized spacial score (nSPS) is 11.2. The van der Waals surface area contributed by atoms with Crippen molar-refractivity contribution in [2.75, 3.05) is 11.1 Å². The van der Waals surface area contributed by atoms with Gasteiger partial charge in [-0.25, -0.2) is 0 Å². The van der Waals surface area contributed by atoms with Crippen molar-refractivity contribution >= 4 is 23.4 Å². The lowest BCUT2D eigenvalue weighted by Gasteiger charge is -2.11. The zero-order valence-corrected chi connectivity index (χ0v) is 11.7. The number of anilines is 1. The standard InChI is InChI=1S/C15H12F3NOS/c16-15(17,18)10-21-13-9-5-4-8-12(13)19-14(20)11-6-2-1-3-7-11/h1-9H,10H2,(H,19,20). The molecule has 0 atom stereocenters. The summed E-state index contributed by atoms with van der Waals surface area (Å²) in [5.41, 5.74) is 0.828. The van der Waals surface area contributed by atoms with E-state index < -0.39 is 11.9 Å². The van der Waals surface area contributed by atoms with E-state index in [1.165, 1.54) is 0 Å². The summed E-state index contributed by atoms with van der Waals surface area (Å²) in [5, 5.41) is 2.64. The highest BCUT2D eigenvalue weighted by Gasteiger charge is 2.27. The van der Waals surface area contributed by atoms with Crippen LogP contribution in [0.15, 0.2) is 59.5 Å². The fourth-order valence-corrected chi connectivity index (χ4v) is 2.41. The molecular weight excluding hydrogens is 299 g/mol. The monoisotopic (exact) mass is 311 g/mol. The molecule has 0 aromatic heterocycles. The Morgan fingerprint density at radius 1 is 1.00 bits per heavy atom. The number of benzene rings is 2. The fourth-order valence-electron chi connectivity index (χ4n) is 1.64. The summed E-state index contributed by atoms with van der Waals surface area (Å²) in [6, 6.07) is 14.9. The van der Waals surface area contributed by atoms with E-state index in [1.807, 2.05) is 0 Å². The fraction of sp³-hybridized carbons (Fsp3) is 0.133. The molecule has 0 radical (unpaired) electrons. The topological polar surface area (TPSA) is 29.1 Å². The Labute approximate surface area is 124 Å². The Kier molecular flexibility index (Phi) is 4.90. The molecule has 0 saturated carbocycles. The number of alkyl halides is 3. The Hall–Kier alpha value is -1.95. The van der Waals surface area contributed by atoms with E-state index in [4.69, 9.17) is 0 Å². The summed E-state index contributed by atoms with van der Waals surface area (Å²) >= 11 is 0.651. The van der Waals surface area contributed by atoms with Gasteiger partial charge in [-0.2, -0.15) is 13.2 Å². The van der Waals surface area contributed by atoms with Crippen LogP contribution in [0.2, 0.25) is 0 Å². The van der Waals surface area contributed by atoms with Crippen molar-refractivity contribution in [1.29, 1.82) is 0 Å². The largest absolute Gasteiger partial charge is 0.398 e. The molecule has 2 rings (SSSR count). The Morgan fingerprint density at radius 2 is 1.62 bits per heavy atom. The third kappa shape index (κ3) is 4.82. The SMILES string of the molecule is O=C(Nc1ccccc1SCC(F)(F)F)c1ccccc1. The van der Waals surface area contributed by atoms with Crippen molar-refractivity contribution < 1.29 is 18.0 Å². The Balaban J connectivity index is 2.11. The third-order valence-corrected chi connectivity index (χ3v) is 3.70. The van der Waals surface area contributed by atoms with Crippen molar-refractivity contribution in [3.8, 4) is 0 Å². The number of carbonyl (C=O) groups is 1. The maximum Gasteiger partial charge on any atom is 0.398 e. The quantitative estimate of drug-likeness (QED) is 0.837. The molecule has 0 bridgehead atoms. The predicted molar refractivity (Wildman–Crippen MR) is 77.6 cm³/mol. The second kappa shape index (κ2) is 6.67. The van der Waals surface area contributed by atoms with Gasteiger partial charge in [-0.1, -0.05) is 30.3 Å². The number of hydrogen-bond donors (Lipinski definition) is 1. The molecule has 21 heavy (non-hydrogen) atoms. The van der Waals surface area contributed by atoms with E-state index in [-0.39, 0.29) is 5.91 Å². The van der Waals surface area contributed by atoms with Gasteiger partial charge < -0.3 is 5.32 Å². The smallest absolute Gasteiger partial charge is 0.321 e. The molecule has 0 aliphatic carbocycles. The molecule has 2 aromatic carbocycles. The van der Waals surface area contributed by atoms with Gasteiger partial charge in [-0.3, -0.25) is 4.79 Å². The maximum absolute atomic E-state index is 12.3. The minimum absolute atomic E-state index is 0.351. The first-order valence-corrected chi connectivity index (χ1v) is 7.09. The molecule has 110 valence electrons. The van der Waals surface area contributed by atoms with Crippen LogP contribution in [0.1, 0.15) is 10.4 Å². The second-order valence-electron chi connectivity index (χ2n) is 4.22. The number of rotatable bonds is 4. The lowest BCUT2D eigenvalue weighted by Crippen LogP contribution is -2.13. The molecule has 0 heterocycles. The van der Waals surface area contributed by atoms with Gasteiger partial charge in [0.2, 0.25) is 0 Å². The molecule has 2 aromatic rings. The van der Waals surface area contributed by atoms with Crippen molar-refractivity contribution in [1.82, 2.24) is 0 Å². The number of nitrogens with one attached hydrogen (secondary N) is 1. The Morgan fingerprint density at radius 3 is 2.29 bits per heavy atom. The minimum Gasteiger partial charge on any atom is -0.321 e. The highest BCUT2D eigenvalue weighted by molar-refractivity contribution is 7.99. The van der Waals surface area contributed by atoms with Crippen LogP contribution in [-0.4, -0.2) is 17.8 Å². The first-order valence-electron chi connectivity index (χ1n) is 6.11. The first kappa shape index (κ1) is 15.4. The van der Waals surface area contributed by atoms with Crippen molar-refractivity contribution in [2.24, 2.45) is 0 Å². The molecule has 1 N–H and O–H groups in total. The van der Waals surface area contributed by atoms with Crippen molar-refractivity contribution in [3.05, 3.63) is 60.2 Å². The van der Waals surface area contributed by atoms with E-state index in [9.17, 15) is 18.0 Å². The van der Waals surface area contributed by atoms with Crippen LogP contribution in [0.25, 0.3) is 0 Å². The van der Waals surface area contributed by atoms with Crippen LogP contribution in [0, 0.1) is 0 Å². The summed E-state index contributed by atoms with van der Waals surface area (Å²) < 4.78 is 36.9. The molecule has 6 heteroatoms. The van der Waals surface area contributed by atoms with Crippen LogP contribution in [0.3, 0.4) is 0 Å². The van der Waals surface area contributed by atoms with Crippen LogP contribution in [-0.2, 0) is 0 Å². The lowest BCUT2D eigenvalue weighted by molar-refractivity contribution is -0.105. The maximum atomic E-state index is 12.3. The van der Waals surface area contributed by atoms with Gasteiger partial charge in [0, 0.05) is 10.5 Å². The van der Waals surface area contributed by atoms with E-state index in [0.717, 1.165) is 0 Å². The summed E-state index contributed by atoms with van der Waals surface area (Å²) in [5.74, 6) is -1.35. The molecular formula is C15H12F3NOS. The lowest BCUT2D eigenvalue weighted by atomic mass is 10.2. The van der Waals surface area contributed by atoms with Crippen LogP contribution in [0.5, 0.6) is 0 Å². The van der Waals surface area contributed by atoms with Gasteiger partial charge in [0.25, 0.3) is 5.91 Å². The van der Waals surface area contributed by atoms with Gasteiger partial charge in [0.05, 0.1) is 11.4 Å². The molecule has 0 saturated heterocycles. The zero-order valence-electron chi connectivity index (χ0n) is 10.9. The average molecular weight is 311 g/mol. The number of thioether (sulfide) groups is 1. The Bertz CT molecular complexity index is 614. The average Bonchev–Trinajstić information content (AvgIpc) is 2.46. The van der Waals surface area contributed by atoms with E-state index in [1.54, 1.807) is 54.6 Å². The molecule has 2 nitrogen and oxygen atoms in total.